The Bertz CT molecular complexity index is 319. The molecule has 0 spiro atoms. The summed E-state index contributed by atoms with van der Waals surface area (Å²) in [7, 11) is 0. The number of carbonyl (C=O) groups excluding carboxylic acids is 1. The smallest absolute Gasteiger partial charge is 0.139 e. The van der Waals surface area contributed by atoms with Gasteiger partial charge in [0.25, 0.3) is 0 Å². The highest BCUT2D eigenvalue weighted by atomic mass is 16.1. The van der Waals surface area contributed by atoms with Gasteiger partial charge in [-0.25, -0.2) is 0 Å². The first-order chi connectivity index (χ1) is 5.79. The average molecular weight is 161 g/mol. The van der Waals surface area contributed by atoms with Gasteiger partial charge in [0, 0.05) is 12.2 Å². The maximum atomic E-state index is 11.2. The number of fused-ring (bicyclic) bond motifs is 1. The molecule has 0 fully saturated rings. The molecule has 0 saturated heterocycles. The summed E-state index contributed by atoms with van der Waals surface area (Å²) in [5, 5.41) is 3.21. The largest absolute Gasteiger partial charge is 0.384 e. The second-order valence-corrected chi connectivity index (χ2v) is 3.13. The van der Waals surface area contributed by atoms with Gasteiger partial charge in [0.05, 0.1) is 5.92 Å². The van der Waals surface area contributed by atoms with Gasteiger partial charge in [-0.15, -0.1) is 0 Å². The van der Waals surface area contributed by atoms with Crippen molar-refractivity contribution >= 4 is 11.5 Å². The number of hydrogen-bond acceptors (Lipinski definition) is 2. The summed E-state index contributed by atoms with van der Waals surface area (Å²) in [4.78, 5) is 11.2. The minimum atomic E-state index is 0.0706. The summed E-state index contributed by atoms with van der Waals surface area (Å²) >= 11 is 0. The lowest BCUT2D eigenvalue weighted by atomic mass is 9.98. The molecule has 1 atom stereocenters. The molecule has 1 heterocycles. The molecule has 2 nitrogen and oxygen atoms in total. The van der Waals surface area contributed by atoms with E-state index in [9.17, 15) is 4.79 Å². The van der Waals surface area contributed by atoms with E-state index in [2.05, 4.69) is 5.32 Å². The zero-order valence-corrected chi connectivity index (χ0v) is 7.00. The van der Waals surface area contributed by atoms with Crippen molar-refractivity contribution in [2.75, 3.05) is 11.9 Å². The van der Waals surface area contributed by atoms with Crippen molar-refractivity contribution in [2.45, 2.75) is 12.8 Å². The van der Waals surface area contributed by atoms with Crippen LogP contribution in [0.4, 0.5) is 5.69 Å². The lowest BCUT2D eigenvalue weighted by molar-refractivity contribution is -0.118. The SMILES string of the molecule is CC(=O)C1CNc2ccccc21. The Kier molecular flexibility index (Phi) is 1.61. The van der Waals surface area contributed by atoms with Gasteiger partial charge in [-0.2, -0.15) is 0 Å². The Morgan fingerprint density at radius 1 is 1.50 bits per heavy atom. The van der Waals surface area contributed by atoms with E-state index in [-0.39, 0.29) is 11.7 Å². The van der Waals surface area contributed by atoms with Crippen LogP contribution in [0.3, 0.4) is 0 Å². The molecular formula is C10H11NO. The van der Waals surface area contributed by atoms with Crippen molar-refractivity contribution in [3.05, 3.63) is 29.8 Å². The Hall–Kier alpha value is -1.31. The molecule has 2 rings (SSSR count). The summed E-state index contributed by atoms with van der Waals surface area (Å²) in [6.07, 6.45) is 0. The molecule has 0 amide bonds. The van der Waals surface area contributed by atoms with Gasteiger partial charge < -0.3 is 5.32 Å². The monoisotopic (exact) mass is 161 g/mol. The number of anilines is 1. The molecule has 1 aromatic carbocycles. The maximum absolute atomic E-state index is 11.2. The molecule has 2 heteroatoms. The van der Waals surface area contributed by atoms with Gasteiger partial charge >= 0.3 is 0 Å². The zero-order valence-electron chi connectivity index (χ0n) is 7.00. The molecule has 1 unspecified atom stereocenters. The van der Waals surface area contributed by atoms with E-state index in [4.69, 9.17) is 0 Å². The third kappa shape index (κ3) is 0.998. The number of Topliss-reactive ketones (excluding diaryl/α,β-unsaturated/α-hetero) is 1. The number of para-hydroxylation sites is 1. The van der Waals surface area contributed by atoms with Crippen molar-refractivity contribution in [3.63, 3.8) is 0 Å². The van der Waals surface area contributed by atoms with E-state index < -0.39 is 0 Å². The van der Waals surface area contributed by atoms with Crippen LogP contribution < -0.4 is 5.32 Å². The summed E-state index contributed by atoms with van der Waals surface area (Å²) in [5.74, 6) is 0.314. The average Bonchev–Trinajstić information content (AvgIpc) is 2.47. The van der Waals surface area contributed by atoms with Gasteiger partial charge in [0.2, 0.25) is 0 Å². The molecule has 0 saturated carbocycles. The van der Waals surface area contributed by atoms with Gasteiger partial charge in [-0.05, 0) is 18.6 Å². The number of rotatable bonds is 1. The normalized spacial score (nSPS) is 19.9. The standard InChI is InChI=1S/C10H11NO/c1-7(12)9-6-11-10-5-3-2-4-8(9)10/h2-5,9,11H,6H2,1H3. The first-order valence-corrected chi connectivity index (χ1v) is 4.12. The van der Waals surface area contributed by atoms with E-state index in [1.54, 1.807) is 6.92 Å². The summed E-state index contributed by atoms with van der Waals surface area (Å²) in [6.45, 7) is 2.41. The number of ketones is 1. The fraction of sp³-hybridized carbons (Fsp3) is 0.300. The lowest BCUT2D eigenvalue weighted by Gasteiger charge is -2.03. The highest BCUT2D eigenvalue weighted by Crippen LogP contribution is 2.31. The number of carbonyl (C=O) groups is 1. The first-order valence-electron chi connectivity index (χ1n) is 4.12. The second kappa shape index (κ2) is 2.63. The van der Waals surface area contributed by atoms with Crippen LogP contribution in [0.2, 0.25) is 0 Å². The van der Waals surface area contributed by atoms with Crippen LogP contribution in [0.1, 0.15) is 18.4 Å². The summed E-state index contributed by atoms with van der Waals surface area (Å²) in [6, 6.07) is 7.98. The molecule has 1 aromatic rings. The Morgan fingerprint density at radius 3 is 3.00 bits per heavy atom. The number of benzene rings is 1. The summed E-state index contributed by atoms with van der Waals surface area (Å²) < 4.78 is 0. The molecule has 0 bridgehead atoms. The van der Waals surface area contributed by atoms with Gasteiger partial charge in [0.15, 0.2) is 0 Å². The minimum absolute atomic E-state index is 0.0706. The quantitative estimate of drug-likeness (QED) is 0.680. The highest BCUT2D eigenvalue weighted by molar-refractivity contribution is 5.87. The minimum Gasteiger partial charge on any atom is -0.384 e. The fourth-order valence-corrected chi connectivity index (χ4v) is 1.65. The number of nitrogens with one attached hydrogen (secondary N) is 1. The molecular weight excluding hydrogens is 150 g/mol. The van der Waals surface area contributed by atoms with E-state index in [1.165, 1.54) is 0 Å². The van der Waals surface area contributed by atoms with Crippen LogP contribution in [-0.2, 0) is 4.79 Å². The lowest BCUT2D eigenvalue weighted by Crippen LogP contribution is -2.10. The molecule has 1 aliphatic heterocycles. The van der Waals surface area contributed by atoms with Crippen molar-refractivity contribution in [1.29, 1.82) is 0 Å². The second-order valence-electron chi connectivity index (χ2n) is 3.13. The maximum Gasteiger partial charge on any atom is 0.139 e. The van der Waals surface area contributed by atoms with E-state index in [1.807, 2.05) is 24.3 Å². The van der Waals surface area contributed by atoms with E-state index in [0.29, 0.717) is 0 Å². The van der Waals surface area contributed by atoms with Crippen LogP contribution in [0.15, 0.2) is 24.3 Å². The Labute approximate surface area is 71.6 Å². The van der Waals surface area contributed by atoms with Crippen LogP contribution in [-0.4, -0.2) is 12.3 Å². The third-order valence-corrected chi connectivity index (χ3v) is 2.32. The van der Waals surface area contributed by atoms with Crippen LogP contribution in [0, 0.1) is 0 Å². The van der Waals surface area contributed by atoms with Crippen LogP contribution in [0.25, 0.3) is 0 Å². The summed E-state index contributed by atoms with van der Waals surface area (Å²) in [5.41, 5.74) is 2.25. The molecule has 0 aliphatic carbocycles. The Morgan fingerprint density at radius 2 is 2.25 bits per heavy atom. The zero-order chi connectivity index (χ0) is 8.55. The van der Waals surface area contributed by atoms with Crippen LogP contribution in [0.5, 0.6) is 0 Å². The Balaban J connectivity index is 2.42. The van der Waals surface area contributed by atoms with Crippen molar-refractivity contribution in [2.24, 2.45) is 0 Å². The predicted octanol–water partition coefficient (Wildman–Crippen LogP) is 1.78. The van der Waals surface area contributed by atoms with Crippen molar-refractivity contribution < 1.29 is 4.79 Å². The van der Waals surface area contributed by atoms with Gasteiger partial charge in [-0.1, -0.05) is 18.2 Å². The van der Waals surface area contributed by atoms with Crippen molar-refractivity contribution in [1.82, 2.24) is 0 Å². The predicted molar refractivity (Wildman–Crippen MR) is 48.4 cm³/mol. The number of hydrogen-bond donors (Lipinski definition) is 1. The topological polar surface area (TPSA) is 29.1 Å². The van der Waals surface area contributed by atoms with Crippen molar-refractivity contribution in [3.8, 4) is 0 Å². The molecule has 1 aliphatic rings. The third-order valence-electron chi connectivity index (χ3n) is 2.32. The van der Waals surface area contributed by atoms with Gasteiger partial charge in [-0.3, -0.25) is 4.79 Å². The molecule has 0 radical (unpaired) electrons. The fourth-order valence-electron chi connectivity index (χ4n) is 1.65. The molecule has 1 N–H and O–H groups in total. The molecule has 0 aromatic heterocycles. The first kappa shape index (κ1) is 7.35. The van der Waals surface area contributed by atoms with E-state index in [0.717, 1.165) is 17.8 Å². The molecule has 62 valence electrons. The highest BCUT2D eigenvalue weighted by Gasteiger charge is 2.24. The van der Waals surface area contributed by atoms with Gasteiger partial charge in [0.1, 0.15) is 5.78 Å². The molecule has 12 heavy (non-hydrogen) atoms. The van der Waals surface area contributed by atoms with Crippen LogP contribution >= 0.6 is 0 Å². The van der Waals surface area contributed by atoms with E-state index >= 15 is 0 Å².